The van der Waals surface area contributed by atoms with Crippen molar-refractivity contribution in [2.75, 3.05) is 14.2 Å². The Kier molecular flexibility index (Phi) is 4.29. The van der Waals surface area contributed by atoms with Gasteiger partial charge < -0.3 is 0 Å². The molecule has 0 heterocycles. The van der Waals surface area contributed by atoms with Crippen LogP contribution in [0.1, 0.15) is 5.56 Å². The number of ether oxygens (including phenoxy) is 2. The first-order chi connectivity index (χ1) is 8.74. The third-order valence-corrected chi connectivity index (χ3v) is 4.96. The number of aryl methyl sites for hydroxylation is 1. The standard InChI is InChI=1S/C15H16O2Se/c1-11-7-9-12(10-8-11)18-15-13(16-2)5-4-6-14(15)17-3/h4-10H,1-3H3. The summed E-state index contributed by atoms with van der Waals surface area (Å²) in [5.74, 6) is 1.80. The van der Waals surface area contributed by atoms with E-state index in [9.17, 15) is 0 Å². The molecule has 0 unspecified atom stereocenters. The van der Waals surface area contributed by atoms with E-state index in [0.29, 0.717) is 0 Å². The summed E-state index contributed by atoms with van der Waals surface area (Å²) in [6, 6.07) is 14.5. The van der Waals surface area contributed by atoms with Crippen LogP contribution in [0.5, 0.6) is 11.5 Å². The fourth-order valence-electron chi connectivity index (χ4n) is 1.64. The topological polar surface area (TPSA) is 18.5 Å². The second kappa shape index (κ2) is 5.94. The predicted octanol–water partition coefficient (Wildman–Crippen LogP) is 1.67. The van der Waals surface area contributed by atoms with Crippen molar-refractivity contribution in [1.29, 1.82) is 0 Å². The second-order valence-electron chi connectivity index (χ2n) is 3.91. The van der Waals surface area contributed by atoms with Gasteiger partial charge in [0.25, 0.3) is 0 Å². The summed E-state index contributed by atoms with van der Waals surface area (Å²) in [5, 5.41) is 0. The molecule has 0 atom stereocenters. The Hall–Kier alpha value is -1.44. The minimum atomic E-state index is 0.186. The van der Waals surface area contributed by atoms with E-state index in [4.69, 9.17) is 9.47 Å². The molecule has 18 heavy (non-hydrogen) atoms. The van der Waals surface area contributed by atoms with Gasteiger partial charge in [0.2, 0.25) is 0 Å². The molecule has 0 saturated heterocycles. The Bertz CT molecular complexity index is 498. The van der Waals surface area contributed by atoms with Gasteiger partial charge in [-0.05, 0) is 0 Å². The third-order valence-electron chi connectivity index (χ3n) is 2.62. The molecular formula is C15H16O2Se. The van der Waals surface area contributed by atoms with E-state index < -0.39 is 0 Å². The van der Waals surface area contributed by atoms with Crippen LogP contribution in [0.4, 0.5) is 0 Å². The summed E-state index contributed by atoms with van der Waals surface area (Å²) in [6.07, 6.45) is 0. The first kappa shape index (κ1) is 13.0. The molecule has 0 aliphatic rings. The van der Waals surface area contributed by atoms with E-state index >= 15 is 0 Å². The van der Waals surface area contributed by atoms with Gasteiger partial charge in [0.05, 0.1) is 0 Å². The van der Waals surface area contributed by atoms with Gasteiger partial charge in [-0.15, -0.1) is 0 Å². The molecule has 0 aromatic heterocycles. The molecule has 0 radical (unpaired) electrons. The van der Waals surface area contributed by atoms with E-state index in [2.05, 4.69) is 31.2 Å². The van der Waals surface area contributed by atoms with Crippen LogP contribution in [0.3, 0.4) is 0 Å². The number of methoxy groups -OCH3 is 2. The van der Waals surface area contributed by atoms with Crippen LogP contribution in [-0.4, -0.2) is 29.2 Å². The second-order valence-corrected chi connectivity index (χ2v) is 6.18. The minimum absolute atomic E-state index is 0.186. The first-order valence-corrected chi connectivity index (χ1v) is 7.41. The van der Waals surface area contributed by atoms with Gasteiger partial charge in [0, 0.05) is 0 Å². The molecule has 0 bridgehead atoms. The zero-order valence-corrected chi connectivity index (χ0v) is 12.5. The summed E-state index contributed by atoms with van der Waals surface area (Å²) in [6.45, 7) is 2.10. The Balaban J connectivity index is 2.35. The zero-order valence-electron chi connectivity index (χ0n) is 10.8. The van der Waals surface area contributed by atoms with Crippen LogP contribution in [0.15, 0.2) is 42.5 Å². The molecule has 94 valence electrons. The van der Waals surface area contributed by atoms with E-state index in [-0.39, 0.29) is 15.0 Å². The van der Waals surface area contributed by atoms with Gasteiger partial charge in [0.1, 0.15) is 0 Å². The van der Waals surface area contributed by atoms with Crippen molar-refractivity contribution in [2.24, 2.45) is 0 Å². The third kappa shape index (κ3) is 2.87. The number of benzene rings is 2. The molecule has 2 nitrogen and oxygen atoms in total. The summed E-state index contributed by atoms with van der Waals surface area (Å²) >= 11 is 0.186. The maximum absolute atomic E-state index is 5.42. The molecule has 0 aliphatic carbocycles. The van der Waals surface area contributed by atoms with Gasteiger partial charge in [0.15, 0.2) is 0 Å². The van der Waals surface area contributed by atoms with Crippen LogP contribution in [0.2, 0.25) is 0 Å². The molecule has 0 amide bonds. The molecule has 2 rings (SSSR count). The Morgan fingerprint density at radius 2 is 1.39 bits per heavy atom. The SMILES string of the molecule is COc1cccc(OC)c1[Se]c1ccc(C)cc1. The van der Waals surface area contributed by atoms with E-state index in [1.165, 1.54) is 10.0 Å². The summed E-state index contributed by atoms with van der Waals surface area (Å²) in [4.78, 5) is 0. The van der Waals surface area contributed by atoms with Crippen molar-refractivity contribution >= 4 is 23.9 Å². The van der Waals surface area contributed by atoms with E-state index in [1.54, 1.807) is 14.2 Å². The molecule has 0 saturated carbocycles. The predicted molar refractivity (Wildman–Crippen MR) is 75.7 cm³/mol. The van der Waals surface area contributed by atoms with Crippen LogP contribution in [0.25, 0.3) is 0 Å². The van der Waals surface area contributed by atoms with Gasteiger partial charge in [-0.2, -0.15) is 0 Å². The summed E-state index contributed by atoms with van der Waals surface area (Å²) < 4.78 is 13.3. The molecule has 2 aromatic rings. The molecule has 0 N–H and O–H groups in total. The number of hydrogen-bond acceptors (Lipinski definition) is 2. The van der Waals surface area contributed by atoms with Crippen LogP contribution < -0.4 is 18.4 Å². The fraction of sp³-hybridized carbons (Fsp3) is 0.200. The summed E-state index contributed by atoms with van der Waals surface area (Å²) in [7, 11) is 3.40. The Labute approximate surface area is 114 Å². The molecule has 0 spiro atoms. The normalized spacial score (nSPS) is 10.2. The first-order valence-electron chi connectivity index (χ1n) is 5.70. The van der Waals surface area contributed by atoms with Crippen molar-refractivity contribution in [3.8, 4) is 11.5 Å². The van der Waals surface area contributed by atoms with Crippen LogP contribution in [-0.2, 0) is 0 Å². The molecular weight excluding hydrogens is 291 g/mol. The van der Waals surface area contributed by atoms with E-state index in [0.717, 1.165) is 16.0 Å². The monoisotopic (exact) mass is 308 g/mol. The molecule has 3 heteroatoms. The Morgan fingerprint density at radius 1 is 0.833 bits per heavy atom. The fourth-order valence-corrected chi connectivity index (χ4v) is 3.76. The molecule has 0 fully saturated rings. The van der Waals surface area contributed by atoms with Gasteiger partial charge in [-0.25, -0.2) is 0 Å². The van der Waals surface area contributed by atoms with Crippen LogP contribution >= 0.6 is 0 Å². The molecule has 2 aromatic carbocycles. The summed E-state index contributed by atoms with van der Waals surface area (Å²) in [5.41, 5.74) is 1.28. The maximum atomic E-state index is 5.42. The zero-order chi connectivity index (χ0) is 13.0. The quantitative estimate of drug-likeness (QED) is 0.800. The van der Waals surface area contributed by atoms with E-state index in [1.807, 2.05) is 18.2 Å². The Morgan fingerprint density at radius 3 is 1.89 bits per heavy atom. The average Bonchev–Trinajstić information content (AvgIpc) is 2.41. The van der Waals surface area contributed by atoms with Crippen molar-refractivity contribution in [3.63, 3.8) is 0 Å². The van der Waals surface area contributed by atoms with Crippen LogP contribution in [0, 0.1) is 6.92 Å². The number of hydrogen-bond donors (Lipinski definition) is 0. The molecule has 0 aliphatic heterocycles. The van der Waals surface area contributed by atoms with Gasteiger partial charge >= 0.3 is 114 Å². The van der Waals surface area contributed by atoms with Crippen molar-refractivity contribution < 1.29 is 9.47 Å². The van der Waals surface area contributed by atoms with Crippen molar-refractivity contribution in [1.82, 2.24) is 0 Å². The van der Waals surface area contributed by atoms with Gasteiger partial charge in [-0.1, -0.05) is 0 Å². The van der Waals surface area contributed by atoms with Crippen molar-refractivity contribution in [2.45, 2.75) is 6.92 Å². The average molecular weight is 307 g/mol. The number of rotatable bonds is 4. The van der Waals surface area contributed by atoms with Crippen molar-refractivity contribution in [3.05, 3.63) is 48.0 Å². The van der Waals surface area contributed by atoms with Gasteiger partial charge in [-0.3, -0.25) is 0 Å².